The number of nitrogens with zero attached hydrogens (tertiary/aromatic N) is 2. The lowest BCUT2D eigenvalue weighted by molar-refractivity contribution is -0.142. The number of halogens is 3. The molecular weight excluding hydrogens is 259 g/mol. The van der Waals surface area contributed by atoms with E-state index in [1.54, 1.807) is 20.8 Å². The fraction of sp³-hybridized carbons (Fsp3) is 0.667. The van der Waals surface area contributed by atoms with Crippen molar-refractivity contribution in [3.63, 3.8) is 0 Å². The molecule has 108 valence electrons. The molecule has 0 spiro atoms. The molecule has 7 heteroatoms. The minimum Gasteiger partial charge on any atom is -0.350 e. The summed E-state index contributed by atoms with van der Waals surface area (Å²) in [5.41, 5.74) is -1.14. The van der Waals surface area contributed by atoms with Gasteiger partial charge in [-0.15, -0.1) is 0 Å². The van der Waals surface area contributed by atoms with Crippen LogP contribution < -0.4 is 5.32 Å². The molecule has 1 aromatic heterocycles. The average molecular weight is 277 g/mol. The van der Waals surface area contributed by atoms with Crippen LogP contribution in [0.3, 0.4) is 0 Å². The second-order valence-electron chi connectivity index (χ2n) is 5.53. The molecule has 0 aliphatic heterocycles. The van der Waals surface area contributed by atoms with E-state index in [-0.39, 0.29) is 5.91 Å². The maximum atomic E-state index is 12.5. The Balaban J connectivity index is 2.98. The van der Waals surface area contributed by atoms with Gasteiger partial charge < -0.3 is 5.32 Å². The molecule has 0 aliphatic carbocycles. The summed E-state index contributed by atoms with van der Waals surface area (Å²) in [4.78, 5) is 11.9. The fourth-order valence-electron chi connectivity index (χ4n) is 1.60. The van der Waals surface area contributed by atoms with E-state index in [1.165, 1.54) is 13.8 Å². The van der Waals surface area contributed by atoms with Crippen LogP contribution in [-0.4, -0.2) is 21.2 Å². The van der Waals surface area contributed by atoms with Crippen molar-refractivity contribution in [2.24, 2.45) is 0 Å². The highest BCUT2D eigenvalue weighted by Gasteiger charge is 2.35. The molecule has 1 unspecified atom stereocenters. The van der Waals surface area contributed by atoms with Crippen LogP contribution in [-0.2, 0) is 11.0 Å². The number of nitrogens with one attached hydrogen (secondary N) is 1. The predicted molar refractivity (Wildman–Crippen MR) is 64.6 cm³/mol. The molecule has 0 bridgehead atoms. The van der Waals surface area contributed by atoms with Crippen LogP contribution in [0.15, 0.2) is 6.07 Å². The quantitative estimate of drug-likeness (QED) is 0.903. The van der Waals surface area contributed by atoms with Crippen molar-refractivity contribution >= 4 is 5.91 Å². The Hall–Kier alpha value is -1.53. The van der Waals surface area contributed by atoms with Gasteiger partial charge in [0.1, 0.15) is 6.04 Å². The second-order valence-corrected chi connectivity index (χ2v) is 5.53. The molecule has 0 saturated heterocycles. The molecule has 1 aromatic rings. The molecule has 1 amide bonds. The number of alkyl halides is 3. The largest absolute Gasteiger partial charge is 0.435 e. The van der Waals surface area contributed by atoms with Crippen LogP contribution in [0.4, 0.5) is 13.2 Å². The molecule has 0 aromatic carbocycles. The van der Waals surface area contributed by atoms with Gasteiger partial charge in [-0.3, -0.25) is 9.48 Å². The zero-order valence-electron chi connectivity index (χ0n) is 11.6. The van der Waals surface area contributed by atoms with Gasteiger partial charge in [-0.25, -0.2) is 0 Å². The highest BCUT2D eigenvalue weighted by atomic mass is 19.4. The fourth-order valence-corrected chi connectivity index (χ4v) is 1.60. The minimum atomic E-state index is -4.50. The van der Waals surface area contributed by atoms with Crippen LogP contribution >= 0.6 is 0 Å². The van der Waals surface area contributed by atoms with Gasteiger partial charge in [-0.1, -0.05) is 0 Å². The number of rotatable bonds is 2. The van der Waals surface area contributed by atoms with Crippen LogP contribution in [0.5, 0.6) is 0 Å². The van der Waals surface area contributed by atoms with Gasteiger partial charge in [0.15, 0.2) is 5.69 Å². The number of aryl methyl sites for hydroxylation is 1. The lowest BCUT2D eigenvalue weighted by Crippen LogP contribution is -2.44. The first-order chi connectivity index (χ1) is 8.42. The molecule has 1 N–H and O–H groups in total. The van der Waals surface area contributed by atoms with E-state index in [1.807, 2.05) is 0 Å². The summed E-state index contributed by atoms with van der Waals surface area (Å²) in [5, 5.41) is 6.17. The first-order valence-electron chi connectivity index (χ1n) is 5.87. The average Bonchev–Trinajstić information content (AvgIpc) is 2.56. The van der Waals surface area contributed by atoms with Gasteiger partial charge in [0.2, 0.25) is 5.91 Å². The summed E-state index contributed by atoms with van der Waals surface area (Å²) < 4.78 is 38.7. The van der Waals surface area contributed by atoms with Crippen molar-refractivity contribution in [2.75, 3.05) is 0 Å². The molecular formula is C12H18F3N3O. The summed E-state index contributed by atoms with van der Waals surface area (Å²) in [7, 11) is 0. The van der Waals surface area contributed by atoms with Crippen molar-refractivity contribution in [3.05, 3.63) is 17.5 Å². The van der Waals surface area contributed by atoms with Gasteiger partial charge in [-0.05, 0) is 40.7 Å². The third-order valence-electron chi connectivity index (χ3n) is 2.46. The number of aromatic nitrogens is 2. The van der Waals surface area contributed by atoms with Gasteiger partial charge in [0.05, 0.1) is 0 Å². The lowest BCUT2D eigenvalue weighted by atomic mass is 10.1. The minimum absolute atomic E-state index is 0.295. The highest BCUT2D eigenvalue weighted by molar-refractivity contribution is 5.80. The summed E-state index contributed by atoms with van der Waals surface area (Å²) in [6.07, 6.45) is -4.50. The predicted octanol–water partition coefficient (Wildman–Crippen LogP) is 2.69. The molecule has 0 saturated carbocycles. The van der Waals surface area contributed by atoms with E-state index in [0.29, 0.717) is 5.69 Å². The SMILES string of the molecule is Cc1cc(C(F)(F)F)nn1C(C)C(=O)NC(C)(C)C. The summed E-state index contributed by atoms with van der Waals surface area (Å²) in [6.45, 7) is 8.41. The Morgan fingerprint density at radius 2 is 1.89 bits per heavy atom. The normalized spacial score (nSPS) is 14.3. The standard InChI is InChI=1S/C12H18F3N3O/c1-7-6-9(12(13,14)15)17-18(7)8(2)10(19)16-11(3,4)5/h6,8H,1-5H3,(H,16,19). The van der Waals surface area contributed by atoms with Crippen LogP contribution in [0.2, 0.25) is 0 Å². The summed E-state index contributed by atoms with van der Waals surface area (Å²) >= 11 is 0. The van der Waals surface area contributed by atoms with Crippen molar-refractivity contribution in [1.82, 2.24) is 15.1 Å². The van der Waals surface area contributed by atoms with Crippen molar-refractivity contribution in [1.29, 1.82) is 0 Å². The van der Waals surface area contributed by atoms with Gasteiger partial charge in [0.25, 0.3) is 0 Å². The number of carbonyl (C=O) groups is 1. The van der Waals surface area contributed by atoms with Gasteiger partial charge in [0, 0.05) is 11.2 Å². The van der Waals surface area contributed by atoms with E-state index in [2.05, 4.69) is 10.4 Å². The maximum absolute atomic E-state index is 12.5. The summed E-state index contributed by atoms with van der Waals surface area (Å²) in [5.74, 6) is -0.368. The van der Waals surface area contributed by atoms with Crippen molar-refractivity contribution in [2.45, 2.75) is 52.4 Å². The summed E-state index contributed by atoms with van der Waals surface area (Å²) in [6, 6.07) is 0.135. The number of amides is 1. The Labute approximate surface area is 110 Å². The molecule has 0 aliphatic rings. The van der Waals surface area contributed by atoms with Crippen LogP contribution in [0.25, 0.3) is 0 Å². The Bertz CT molecular complexity index is 472. The maximum Gasteiger partial charge on any atom is 0.435 e. The van der Waals surface area contributed by atoms with Gasteiger partial charge in [-0.2, -0.15) is 18.3 Å². The van der Waals surface area contributed by atoms with Crippen molar-refractivity contribution < 1.29 is 18.0 Å². The Morgan fingerprint density at radius 1 is 1.37 bits per heavy atom. The monoisotopic (exact) mass is 277 g/mol. The van der Waals surface area contributed by atoms with E-state index >= 15 is 0 Å². The third kappa shape index (κ3) is 3.97. The zero-order valence-corrected chi connectivity index (χ0v) is 11.6. The molecule has 0 fully saturated rings. The molecule has 1 rings (SSSR count). The molecule has 1 atom stereocenters. The molecule has 19 heavy (non-hydrogen) atoms. The smallest absolute Gasteiger partial charge is 0.350 e. The molecule has 0 radical (unpaired) electrons. The first kappa shape index (κ1) is 15.5. The number of hydrogen-bond donors (Lipinski definition) is 1. The zero-order chi connectivity index (χ0) is 15.0. The van der Waals surface area contributed by atoms with Crippen molar-refractivity contribution in [3.8, 4) is 0 Å². The van der Waals surface area contributed by atoms with Gasteiger partial charge >= 0.3 is 6.18 Å². The lowest BCUT2D eigenvalue weighted by Gasteiger charge is -2.23. The van der Waals surface area contributed by atoms with Crippen LogP contribution in [0.1, 0.15) is 45.1 Å². The Morgan fingerprint density at radius 3 is 2.26 bits per heavy atom. The van der Waals surface area contributed by atoms with E-state index < -0.39 is 23.5 Å². The number of hydrogen-bond acceptors (Lipinski definition) is 2. The second kappa shape index (κ2) is 4.86. The molecule has 1 heterocycles. The topological polar surface area (TPSA) is 46.9 Å². The van der Waals surface area contributed by atoms with E-state index in [0.717, 1.165) is 10.7 Å². The van der Waals surface area contributed by atoms with E-state index in [4.69, 9.17) is 0 Å². The first-order valence-corrected chi connectivity index (χ1v) is 5.87. The van der Waals surface area contributed by atoms with Crippen LogP contribution in [0, 0.1) is 6.92 Å². The van der Waals surface area contributed by atoms with E-state index in [9.17, 15) is 18.0 Å². The number of carbonyl (C=O) groups excluding carboxylic acids is 1. The molecule has 4 nitrogen and oxygen atoms in total. The Kier molecular flexibility index (Phi) is 3.97. The third-order valence-corrected chi connectivity index (χ3v) is 2.46. The highest BCUT2D eigenvalue weighted by Crippen LogP contribution is 2.29.